The normalized spacial score (nSPS) is 23.2. The largest absolute Gasteiger partial charge is 0.478 e. The predicted octanol–water partition coefficient (Wildman–Crippen LogP) is 17.2. The zero-order valence-corrected chi connectivity index (χ0v) is 55.5. The highest BCUT2D eigenvalue weighted by Gasteiger charge is 2.54. The average molecular weight is 1250 g/mol. The van der Waals surface area contributed by atoms with Gasteiger partial charge in [0.25, 0.3) is 5.91 Å². The summed E-state index contributed by atoms with van der Waals surface area (Å²) in [5.41, 5.74) is 3.51. The van der Waals surface area contributed by atoms with E-state index in [2.05, 4.69) is 93.7 Å². The molecule has 2 amide bonds. The fourth-order valence-electron chi connectivity index (χ4n) is 11.5. The van der Waals surface area contributed by atoms with Crippen LogP contribution in [0.4, 0.5) is 0 Å². The van der Waals surface area contributed by atoms with Gasteiger partial charge in [-0.2, -0.15) is 0 Å². The molecule has 7 aliphatic heterocycles. The Labute approximate surface area is 499 Å². The van der Waals surface area contributed by atoms with E-state index in [-0.39, 0.29) is 42.3 Å². The number of thioether (sulfide) groups is 12. The van der Waals surface area contributed by atoms with Crippen molar-refractivity contribution in [1.29, 1.82) is 0 Å². The Hall–Kier alpha value is -0.340. The molecule has 0 spiro atoms. The molecule has 0 bridgehead atoms. The van der Waals surface area contributed by atoms with E-state index >= 15 is 4.79 Å². The Morgan fingerprint density at radius 3 is 1.03 bits per heavy atom. The molecule has 3 aromatic carbocycles. The zero-order chi connectivity index (χ0) is 55.6. The van der Waals surface area contributed by atoms with E-state index in [1.807, 2.05) is 27.7 Å². The van der Waals surface area contributed by atoms with Crippen LogP contribution in [0.2, 0.25) is 0 Å². The highest BCUT2D eigenvalue weighted by molar-refractivity contribution is 8.23. The lowest BCUT2D eigenvalue weighted by molar-refractivity contribution is -0.290. The van der Waals surface area contributed by atoms with Gasteiger partial charge in [-0.25, -0.2) is 9.59 Å². The van der Waals surface area contributed by atoms with E-state index in [0.717, 1.165) is 75.4 Å². The molecular formula is C54H66N3O7S12. The lowest BCUT2D eigenvalue weighted by Gasteiger charge is -2.50. The molecule has 0 atom stereocenters. The second-order valence-corrected chi connectivity index (χ2v) is 45.4. The summed E-state index contributed by atoms with van der Waals surface area (Å²) in [6.45, 7) is 34.4. The molecule has 1 saturated heterocycles. The van der Waals surface area contributed by atoms with Crippen molar-refractivity contribution in [3.63, 3.8) is 0 Å². The summed E-state index contributed by atoms with van der Waals surface area (Å²) in [6, 6.07) is -0.0896. The summed E-state index contributed by atoms with van der Waals surface area (Å²) in [5, 5.41) is 43.2. The molecule has 411 valence electrons. The number of hydroxylamine groups is 2. The average Bonchev–Trinajstić information content (AvgIpc) is 4.08. The highest BCUT2D eigenvalue weighted by atomic mass is 32.2. The van der Waals surface area contributed by atoms with Crippen LogP contribution in [0.5, 0.6) is 0 Å². The summed E-state index contributed by atoms with van der Waals surface area (Å²) in [4.78, 5) is 67.0. The summed E-state index contributed by atoms with van der Waals surface area (Å²) >= 11 is 20.5. The van der Waals surface area contributed by atoms with Crippen molar-refractivity contribution in [3.8, 4) is 0 Å². The quantitative estimate of drug-likeness (QED) is 0.100. The summed E-state index contributed by atoms with van der Waals surface area (Å²) in [5.74, 6) is -2.54. The molecule has 0 aromatic heterocycles. The molecule has 7 aliphatic rings. The molecule has 0 aliphatic carbocycles. The van der Waals surface area contributed by atoms with Gasteiger partial charge in [-0.15, -0.1) is 151 Å². The van der Waals surface area contributed by atoms with Gasteiger partial charge >= 0.3 is 11.9 Å². The number of benzene rings is 3. The number of carboxylic acid groups (broad SMARTS) is 2. The van der Waals surface area contributed by atoms with Crippen LogP contribution in [-0.2, 0) is 10.0 Å². The maximum absolute atomic E-state index is 15.2. The van der Waals surface area contributed by atoms with Crippen molar-refractivity contribution < 1.29 is 34.6 Å². The van der Waals surface area contributed by atoms with Crippen molar-refractivity contribution in [2.24, 2.45) is 0 Å². The number of unbranched alkanes of at least 4 members (excludes halogenated alkanes) is 1. The molecule has 4 N–H and O–H groups in total. The van der Waals surface area contributed by atoms with Crippen molar-refractivity contribution in [1.82, 2.24) is 15.7 Å². The van der Waals surface area contributed by atoms with Gasteiger partial charge in [0.15, 0.2) is 0 Å². The van der Waals surface area contributed by atoms with Crippen LogP contribution in [0.25, 0.3) is 0 Å². The van der Waals surface area contributed by atoms with Gasteiger partial charge in [-0.05, 0) is 153 Å². The third kappa shape index (κ3) is 10.8. The maximum atomic E-state index is 15.2. The minimum Gasteiger partial charge on any atom is -0.478 e. The Morgan fingerprint density at radius 2 is 0.737 bits per heavy atom. The van der Waals surface area contributed by atoms with Crippen LogP contribution in [0.3, 0.4) is 0 Å². The number of nitrogens with one attached hydrogen (secondary N) is 2. The van der Waals surface area contributed by atoms with E-state index in [1.165, 1.54) is 5.06 Å². The van der Waals surface area contributed by atoms with Crippen molar-refractivity contribution in [2.45, 2.75) is 249 Å². The number of carboxylic acids is 2. The lowest BCUT2D eigenvalue weighted by Crippen LogP contribution is -2.62. The number of aromatic carboxylic acids is 2. The SMILES string of the molecule is CC1(C)Sc2c(c(C(c3c4c(c(C(=O)O)c5c3SC(C)(C)S5)SC(C)(C)S4)c3c4c(c(C(=O)NCCCCC(=O)NC5CC(C)(C)N([O])C(C)(C)C5)c5c3SC(C)(C)S5)SC(C)(C)S4)c3c(c2C(=O)O)SC(C)(C)S3)S1. The van der Waals surface area contributed by atoms with Crippen LogP contribution in [-0.4, -0.2) is 87.2 Å². The van der Waals surface area contributed by atoms with Crippen molar-refractivity contribution in [3.05, 3.63) is 33.4 Å². The van der Waals surface area contributed by atoms with Crippen LogP contribution in [0.15, 0.2) is 58.7 Å². The molecule has 22 heteroatoms. The number of fused-ring (bicyclic) bond motifs is 6. The maximum Gasteiger partial charge on any atom is 0.338 e. The number of carbonyl (C=O) groups excluding carboxylic acids is 2. The van der Waals surface area contributed by atoms with Crippen molar-refractivity contribution >= 4 is 165 Å². The predicted molar refractivity (Wildman–Crippen MR) is 327 cm³/mol. The van der Waals surface area contributed by atoms with Gasteiger partial charge in [-0.3, -0.25) is 9.59 Å². The molecule has 3 aromatic rings. The fraction of sp³-hybridized carbons (Fsp3) is 0.593. The second-order valence-electron chi connectivity index (χ2n) is 24.3. The standard InChI is InChI=1S/C54H66N3O7S12/c1-47(2)21-23(22-48(3,4)57(47)64)56-24(58)19-17-18-20-55-44(59)29-38-32(65-49(5,6)71-38)26(33-39(29)72-50(7,8)66-33)25(27-34-40(73-51(9,10)67-34)30(45(60)61)41-35(27)68-52(11,12)74-41)28-36-42(75-53(13,14)69-36)31(46(62)63)43-37(28)70-54(15,16)76-43/h23,25H,17-22H2,1-16H3,(H,55,59)(H,56,58)(H,60,61)(H,62,63). The van der Waals surface area contributed by atoms with Crippen LogP contribution in [0, 0.1) is 0 Å². The minimum atomic E-state index is -0.935. The van der Waals surface area contributed by atoms with Crippen LogP contribution < -0.4 is 10.6 Å². The molecule has 0 unspecified atom stereocenters. The van der Waals surface area contributed by atoms with E-state index in [9.17, 15) is 29.8 Å². The van der Waals surface area contributed by atoms with Crippen LogP contribution in [0.1, 0.15) is 197 Å². The van der Waals surface area contributed by atoms with Gasteiger partial charge in [-0.1, -0.05) is 0 Å². The number of rotatable bonds is 12. The van der Waals surface area contributed by atoms with Gasteiger partial charge in [0.05, 0.1) is 41.2 Å². The van der Waals surface area contributed by atoms with Gasteiger partial charge in [0.1, 0.15) is 0 Å². The summed E-state index contributed by atoms with van der Waals surface area (Å²) in [6.07, 6.45) is 2.69. The Balaban J connectivity index is 1.15. The first-order valence-corrected chi connectivity index (χ1v) is 35.2. The Kier molecular flexibility index (Phi) is 15.4. The molecule has 1 radical (unpaired) electrons. The smallest absolute Gasteiger partial charge is 0.338 e. The molecule has 10 rings (SSSR count). The third-order valence-electron chi connectivity index (χ3n) is 13.8. The van der Waals surface area contributed by atoms with Crippen molar-refractivity contribution in [2.75, 3.05) is 6.54 Å². The first-order chi connectivity index (χ1) is 34.9. The second kappa shape index (κ2) is 19.9. The first kappa shape index (κ1) is 58.8. The van der Waals surface area contributed by atoms with Gasteiger partial charge < -0.3 is 20.8 Å². The van der Waals surface area contributed by atoms with E-state index in [0.29, 0.717) is 55.3 Å². The van der Waals surface area contributed by atoms with E-state index in [1.54, 1.807) is 141 Å². The number of nitrogens with zero attached hydrogens (tertiary/aromatic N) is 1. The molecular weight excluding hydrogens is 1190 g/mol. The first-order valence-electron chi connectivity index (χ1n) is 25.4. The molecule has 10 nitrogen and oxygen atoms in total. The zero-order valence-electron chi connectivity index (χ0n) is 45.7. The fourth-order valence-corrected chi connectivity index (χ4v) is 29.4. The number of piperidine rings is 1. The summed E-state index contributed by atoms with van der Waals surface area (Å²) < 4.78 is -2.29. The van der Waals surface area contributed by atoms with Gasteiger partial charge in [0.2, 0.25) is 5.91 Å². The molecule has 0 saturated carbocycles. The van der Waals surface area contributed by atoms with E-state index < -0.39 is 28.9 Å². The minimum absolute atomic E-state index is 0.0422. The number of hydrogen-bond donors (Lipinski definition) is 4. The van der Waals surface area contributed by atoms with Gasteiger partial charge in [0, 0.05) is 94.7 Å². The summed E-state index contributed by atoms with van der Waals surface area (Å²) in [7, 11) is 0. The molecule has 7 heterocycles. The Morgan fingerprint density at radius 1 is 0.461 bits per heavy atom. The third-order valence-corrected chi connectivity index (χ3v) is 31.0. The monoisotopic (exact) mass is 1250 g/mol. The molecule has 76 heavy (non-hydrogen) atoms. The van der Waals surface area contributed by atoms with Crippen LogP contribution >= 0.6 is 141 Å². The number of hydrogen-bond acceptors (Lipinski definition) is 17. The number of carbonyl (C=O) groups is 4. The highest BCUT2D eigenvalue weighted by Crippen LogP contribution is 2.75. The number of amides is 2. The lowest BCUT2D eigenvalue weighted by atomic mass is 9.79. The topological polar surface area (TPSA) is 156 Å². The molecule has 1 fully saturated rings. The Bertz CT molecular complexity index is 2810. The van der Waals surface area contributed by atoms with E-state index in [4.69, 9.17) is 0 Å².